The molecule has 0 saturated carbocycles. The minimum Gasteiger partial charge on any atom is -0.392 e. The lowest BCUT2D eigenvalue weighted by Gasteiger charge is -2.09. The Kier molecular flexibility index (Phi) is 6.02. The maximum absolute atomic E-state index is 11.7. The number of fused-ring (bicyclic) bond motifs is 1. The summed E-state index contributed by atoms with van der Waals surface area (Å²) >= 11 is 0. The summed E-state index contributed by atoms with van der Waals surface area (Å²) < 4.78 is 4.92. The smallest absolute Gasteiger partial charge is 0.330 e. The number of carbonyl (C=O) groups is 2. The van der Waals surface area contributed by atoms with Crippen LogP contribution in [0.2, 0.25) is 0 Å². The number of rotatable bonds is 7. The van der Waals surface area contributed by atoms with E-state index in [4.69, 9.17) is 4.74 Å². The first-order valence-electron chi connectivity index (χ1n) is 9.27. The Balaban J connectivity index is 1.25. The van der Waals surface area contributed by atoms with Gasteiger partial charge in [-0.2, -0.15) is 0 Å². The molecule has 3 rings (SSSR count). The molecule has 1 atom stereocenters. The summed E-state index contributed by atoms with van der Waals surface area (Å²) in [7, 11) is 0. The van der Waals surface area contributed by atoms with Crippen LogP contribution < -0.4 is 5.32 Å². The monoisotopic (exact) mass is 329 g/mol. The number of unbranched alkanes of at least 4 members (excludes halogenated alkanes) is 2. The van der Waals surface area contributed by atoms with E-state index in [2.05, 4.69) is 29.6 Å². The first-order chi connectivity index (χ1) is 11.7. The first-order valence-corrected chi connectivity index (χ1v) is 9.27. The molecule has 1 aromatic carbocycles. The van der Waals surface area contributed by atoms with E-state index in [1.54, 1.807) is 0 Å². The van der Waals surface area contributed by atoms with E-state index in [1.165, 1.54) is 30.4 Å². The van der Waals surface area contributed by atoms with Gasteiger partial charge in [0.15, 0.2) is 0 Å². The molecule has 4 nitrogen and oxygen atoms in total. The number of benzene rings is 1. The zero-order chi connectivity index (χ0) is 16.8. The molecule has 1 aliphatic heterocycles. The van der Waals surface area contributed by atoms with Gasteiger partial charge in [-0.15, -0.1) is 0 Å². The van der Waals surface area contributed by atoms with E-state index in [0.29, 0.717) is 6.42 Å². The quantitative estimate of drug-likeness (QED) is 0.474. The van der Waals surface area contributed by atoms with Crippen molar-refractivity contribution in [2.24, 2.45) is 5.92 Å². The van der Waals surface area contributed by atoms with Crippen molar-refractivity contribution >= 4 is 11.9 Å². The first kappa shape index (κ1) is 17.2. The third-order valence-corrected chi connectivity index (χ3v) is 5.19. The highest BCUT2D eigenvalue weighted by Crippen LogP contribution is 2.29. The molecule has 0 bridgehead atoms. The minimum absolute atomic E-state index is 0.280. The molecule has 0 spiro atoms. The Morgan fingerprint density at radius 1 is 1.08 bits per heavy atom. The summed E-state index contributed by atoms with van der Waals surface area (Å²) in [6.07, 6.45) is 8.68. The van der Waals surface area contributed by atoms with Gasteiger partial charge in [-0.1, -0.05) is 37.1 Å². The van der Waals surface area contributed by atoms with Gasteiger partial charge in [0.2, 0.25) is 0 Å². The number of carbonyl (C=O) groups excluding carboxylic acids is 2. The summed E-state index contributed by atoms with van der Waals surface area (Å²) in [5.74, 6) is -0.0208. The van der Waals surface area contributed by atoms with Crippen LogP contribution in [0.25, 0.3) is 0 Å². The van der Waals surface area contributed by atoms with Crippen LogP contribution in [0, 0.1) is 5.92 Å². The van der Waals surface area contributed by atoms with E-state index in [1.807, 2.05) is 0 Å². The average molecular weight is 329 g/mol. The van der Waals surface area contributed by atoms with Gasteiger partial charge in [-0.3, -0.25) is 4.79 Å². The van der Waals surface area contributed by atoms with Gasteiger partial charge >= 0.3 is 11.9 Å². The normalized spacial score (nSPS) is 20.1. The predicted octanol–water partition coefficient (Wildman–Crippen LogP) is 3.17. The lowest BCUT2D eigenvalue weighted by Crippen LogP contribution is -2.33. The summed E-state index contributed by atoms with van der Waals surface area (Å²) in [5, 5.41) is 3.05. The van der Waals surface area contributed by atoms with E-state index in [9.17, 15) is 9.59 Å². The molecule has 1 saturated heterocycles. The van der Waals surface area contributed by atoms with Crippen LogP contribution in [0.3, 0.4) is 0 Å². The fraction of sp³-hybridized carbons (Fsp3) is 0.600. The lowest BCUT2D eigenvalue weighted by molar-refractivity contribution is -0.161. The molecule has 0 amide bonds. The van der Waals surface area contributed by atoms with Gasteiger partial charge in [-0.25, -0.2) is 4.79 Å². The maximum Gasteiger partial charge on any atom is 0.330 e. The number of ether oxygens (including phenoxy) is 1. The van der Waals surface area contributed by atoms with Gasteiger partial charge in [0.25, 0.3) is 0 Å². The summed E-state index contributed by atoms with van der Waals surface area (Å²) in [6.45, 7) is 0.832. The second-order valence-corrected chi connectivity index (χ2v) is 7.08. The van der Waals surface area contributed by atoms with Crippen LogP contribution in [0.5, 0.6) is 0 Å². The number of hydrogen-bond acceptors (Lipinski definition) is 4. The van der Waals surface area contributed by atoms with Crippen LogP contribution in [0.4, 0.5) is 0 Å². The highest BCUT2D eigenvalue weighted by atomic mass is 16.6. The second-order valence-electron chi connectivity index (χ2n) is 7.08. The van der Waals surface area contributed by atoms with Gasteiger partial charge in [0, 0.05) is 6.42 Å². The van der Waals surface area contributed by atoms with E-state index >= 15 is 0 Å². The number of hydrogen-bond donors (Lipinski definition) is 1. The summed E-state index contributed by atoms with van der Waals surface area (Å²) in [5.41, 5.74) is 3.01. The summed E-state index contributed by atoms with van der Waals surface area (Å²) in [6, 6.07) is 8.44. The SMILES string of the molecule is O=C(CCCCCC1Cc2ccccc2C1)OC(=O)[C@@H]1CCCN1. The topological polar surface area (TPSA) is 55.4 Å². The highest BCUT2D eigenvalue weighted by Gasteiger charge is 2.25. The van der Waals surface area contributed by atoms with Crippen LogP contribution in [0.1, 0.15) is 56.1 Å². The molecule has 0 unspecified atom stereocenters. The van der Waals surface area contributed by atoms with Crippen LogP contribution >= 0.6 is 0 Å². The predicted molar refractivity (Wildman–Crippen MR) is 92.5 cm³/mol. The molecule has 0 aromatic heterocycles. The van der Waals surface area contributed by atoms with Crippen molar-refractivity contribution in [2.75, 3.05) is 6.54 Å². The van der Waals surface area contributed by atoms with Gasteiger partial charge in [-0.05, 0) is 62.1 Å². The number of nitrogens with one attached hydrogen (secondary N) is 1. The molecule has 130 valence electrons. The van der Waals surface area contributed by atoms with Crippen molar-refractivity contribution in [3.05, 3.63) is 35.4 Å². The van der Waals surface area contributed by atoms with E-state index in [0.717, 1.165) is 44.6 Å². The lowest BCUT2D eigenvalue weighted by atomic mass is 9.98. The minimum atomic E-state index is -0.402. The Morgan fingerprint density at radius 2 is 1.83 bits per heavy atom. The molecule has 1 N–H and O–H groups in total. The van der Waals surface area contributed by atoms with Crippen LogP contribution in [-0.4, -0.2) is 24.5 Å². The van der Waals surface area contributed by atoms with Gasteiger partial charge < -0.3 is 10.1 Å². The van der Waals surface area contributed by atoms with Gasteiger partial charge in [0.1, 0.15) is 6.04 Å². The average Bonchev–Trinajstić information content (AvgIpc) is 3.23. The molecule has 0 radical (unpaired) electrons. The zero-order valence-corrected chi connectivity index (χ0v) is 14.3. The van der Waals surface area contributed by atoms with E-state index in [-0.39, 0.29) is 12.0 Å². The van der Waals surface area contributed by atoms with Crippen molar-refractivity contribution < 1.29 is 14.3 Å². The Morgan fingerprint density at radius 3 is 2.50 bits per heavy atom. The zero-order valence-electron chi connectivity index (χ0n) is 14.3. The van der Waals surface area contributed by atoms with Crippen LogP contribution in [0.15, 0.2) is 24.3 Å². The fourth-order valence-electron chi connectivity index (χ4n) is 3.85. The van der Waals surface area contributed by atoms with Crippen molar-refractivity contribution in [2.45, 2.75) is 63.8 Å². The largest absolute Gasteiger partial charge is 0.392 e. The van der Waals surface area contributed by atoms with E-state index < -0.39 is 5.97 Å². The Hall–Kier alpha value is -1.68. The molecular weight excluding hydrogens is 302 g/mol. The Labute approximate surface area is 144 Å². The van der Waals surface area contributed by atoms with Crippen molar-refractivity contribution in [1.29, 1.82) is 0 Å². The molecular formula is C20H27NO3. The second kappa shape index (κ2) is 8.43. The molecule has 1 aromatic rings. The molecule has 2 aliphatic rings. The molecule has 1 aliphatic carbocycles. The summed E-state index contributed by atoms with van der Waals surface area (Å²) in [4.78, 5) is 23.4. The molecule has 24 heavy (non-hydrogen) atoms. The molecule has 4 heteroatoms. The van der Waals surface area contributed by atoms with Gasteiger partial charge in [0.05, 0.1) is 0 Å². The van der Waals surface area contributed by atoms with Crippen molar-refractivity contribution in [3.8, 4) is 0 Å². The highest BCUT2D eigenvalue weighted by molar-refractivity contribution is 5.88. The number of esters is 2. The third-order valence-electron chi connectivity index (χ3n) is 5.19. The van der Waals surface area contributed by atoms with Crippen LogP contribution in [-0.2, 0) is 27.2 Å². The van der Waals surface area contributed by atoms with Crippen molar-refractivity contribution in [1.82, 2.24) is 5.32 Å². The van der Waals surface area contributed by atoms with Crippen molar-refractivity contribution in [3.63, 3.8) is 0 Å². The molecule has 1 heterocycles. The third kappa shape index (κ3) is 4.67. The Bertz CT molecular complexity index is 553. The fourth-order valence-corrected chi connectivity index (χ4v) is 3.85. The molecule has 1 fully saturated rings. The maximum atomic E-state index is 11.7. The standard InChI is InChI=1S/C20H27NO3/c22-19(24-20(23)18-10-6-12-21-18)11-3-1-2-7-15-13-16-8-4-5-9-17(16)14-15/h4-5,8-9,15,18,21H,1-3,6-7,10-14H2/t18-/m0/s1.